The van der Waals surface area contributed by atoms with Gasteiger partial charge in [0.05, 0.1) is 0 Å². The fourth-order valence-electron chi connectivity index (χ4n) is 3.04. The molecule has 24 heavy (non-hydrogen) atoms. The maximum atomic E-state index is 3.82. The number of aryl methyl sites for hydroxylation is 2. The van der Waals surface area contributed by atoms with E-state index in [4.69, 9.17) is 0 Å². The van der Waals surface area contributed by atoms with E-state index < -0.39 is 0 Å². The molecule has 0 N–H and O–H groups in total. The summed E-state index contributed by atoms with van der Waals surface area (Å²) >= 11 is 0. The Balaban J connectivity index is 2.03. The summed E-state index contributed by atoms with van der Waals surface area (Å²) in [6, 6.07) is 21.7. The Morgan fingerprint density at radius 2 is 0.917 bits per heavy atom. The van der Waals surface area contributed by atoms with Crippen LogP contribution in [0.25, 0.3) is 34.4 Å². The summed E-state index contributed by atoms with van der Waals surface area (Å²) in [5.74, 6) is 0. The van der Waals surface area contributed by atoms with Gasteiger partial charge in [-0.1, -0.05) is 86.0 Å². The van der Waals surface area contributed by atoms with Gasteiger partial charge in [0, 0.05) is 0 Å². The SMILES string of the molecule is C=Cc1ccc(-c2cc(C)c(-c3ccc(C=C)cc3)cc2C)cc1. The van der Waals surface area contributed by atoms with Crippen LogP contribution in [-0.2, 0) is 0 Å². The molecule has 0 aliphatic heterocycles. The van der Waals surface area contributed by atoms with E-state index in [1.807, 2.05) is 12.2 Å². The van der Waals surface area contributed by atoms with E-state index in [-0.39, 0.29) is 0 Å². The van der Waals surface area contributed by atoms with E-state index in [0.717, 1.165) is 11.1 Å². The van der Waals surface area contributed by atoms with Crippen LogP contribution in [0.5, 0.6) is 0 Å². The third kappa shape index (κ3) is 3.09. The highest BCUT2D eigenvalue weighted by atomic mass is 14.1. The maximum Gasteiger partial charge on any atom is -0.0152 e. The number of hydrogen-bond donors (Lipinski definition) is 0. The summed E-state index contributed by atoms with van der Waals surface area (Å²) < 4.78 is 0. The molecule has 0 atom stereocenters. The van der Waals surface area contributed by atoms with Crippen molar-refractivity contribution in [1.29, 1.82) is 0 Å². The second-order valence-electron chi connectivity index (χ2n) is 6.13. The lowest BCUT2D eigenvalue weighted by Gasteiger charge is -2.13. The molecule has 0 heteroatoms. The van der Waals surface area contributed by atoms with Gasteiger partial charge in [-0.15, -0.1) is 0 Å². The summed E-state index contributed by atoms with van der Waals surface area (Å²) in [6.07, 6.45) is 3.75. The van der Waals surface area contributed by atoms with Crippen LogP contribution >= 0.6 is 0 Å². The van der Waals surface area contributed by atoms with Crippen LogP contribution in [0.4, 0.5) is 0 Å². The Labute approximate surface area is 144 Å². The highest BCUT2D eigenvalue weighted by Gasteiger charge is 2.08. The molecule has 0 fully saturated rings. The summed E-state index contributed by atoms with van der Waals surface area (Å²) in [5.41, 5.74) is 9.93. The second kappa shape index (κ2) is 6.72. The van der Waals surface area contributed by atoms with Gasteiger partial charge in [-0.05, 0) is 58.4 Å². The zero-order valence-corrected chi connectivity index (χ0v) is 14.3. The van der Waals surface area contributed by atoms with Gasteiger partial charge in [0.25, 0.3) is 0 Å². The molecule has 0 unspecified atom stereocenters. The highest BCUT2D eigenvalue weighted by Crippen LogP contribution is 2.32. The lowest BCUT2D eigenvalue weighted by atomic mass is 9.91. The van der Waals surface area contributed by atoms with Crippen molar-refractivity contribution in [2.24, 2.45) is 0 Å². The zero-order chi connectivity index (χ0) is 17.1. The largest absolute Gasteiger partial charge is 0.0985 e. The first-order valence-electron chi connectivity index (χ1n) is 8.19. The third-order valence-electron chi connectivity index (χ3n) is 4.49. The molecule has 0 aromatic heterocycles. The molecule has 0 radical (unpaired) electrons. The van der Waals surface area contributed by atoms with E-state index in [1.165, 1.54) is 33.4 Å². The summed E-state index contributed by atoms with van der Waals surface area (Å²) in [5, 5.41) is 0. The molecular weight excluding hydrogens is 288 g/mol. The Morgan fingerprint density at radius 1 is 0.583 bits per heavy atom. The van der Waals surface area contributed by atoms with Crippen LogP contribution in [0.1, 0.15) is 22.3 Å². The van der Waals surface area contributed by atoms with E-state index >= 15 is 0 Å². The first kappa shape index (κ1) is 16.0. The van der Waals surface area contributed by atoms with Crippen LogP contribution in [-0.4, -0.2) is 0 Å². The lowest BCUT2D eigenvalue weighted by Crippen LogP contribution is -1.90. The van der Waals surface area contributed by atoms with Crippen LogP contribution < -0.4 is 0 Å². The molecule has 3 rings (SSSR count). The van der Waals surface area contributed by atoms with Crippen molar-refractivity contribution in [2.45, 2.75) is 13.8 Å². The summed E-state index contributed by atoms with van der Waals surface area (Å²) in [4.78, 5) is 0. The molecule has 0 spiro atoms. The fraction of sp³-hybridized carbons (Fsp3) is 0.0833. The molecule has 0 nitrogen and oxygen atoms in total. The molecule has 3 aromatic carbocycles. The van der Waals surface area contributed by atoms with Crippen molar-refractivity contribution in [2.75, 3.05) is 0 Å². The maximum absolute atomic E-state index is 3.82. The van der Waals surface area contributed by atoms with Gasteiger partial charge >= 0.3 is 0 Å². The predicted octanol–water partition coefficient (Wildman–Crippen LogP) is 6.92. The monoisotopic (exact) mass is 310 g/mol. The standard InChI is InChI=1S/C24H22/c1-5-19-7-11-21(12-8-19)23-15-18(4)24(16-17(23)3)22-13-9-20(6-2)10-14-22/h5-16H,1-2H2,3-4H3. The molecule has 3 aromatic rings. The van der Waals surface area contributed by atoms with Gasteiger partial charge in [-0.3, -0.25) is 0 Å². The average molecular weight is 310 g/mol. The Hall–Kier alpha value is -2.86. The quantitative estimate of drug-likeness (QED) is 0.490. The first-order valence-corrected chi connectivity index (χ1v) is 8.19. The Morgan fingerprint density at radius 3 is 1.21 bits per heavy atom. The van der Waals surface area contributed by atoms with Gasteiger partial charge in [0.2, 0.25) is 0 Å². The van der Waals surface area contributed by atoms with Crippen molar-refractivity contribution >= 4 is 12.2 Å². The van der Waals surface area contributed by atoms with E-state index in [1.54, 1.807) is 0 Å². The topological polar surface area (TPSA) is 0 Å². The van der Waals surface area contributed by atoms with E-state index in [2.05, 4.69) is 87.7 Å². The predicted molar refractivity (Wildman–Crippen MR) is 107 cm³/mol. The van der Waals surface area contributed by atoms with E-state index in [9.17, 15) is 0 Å². The van der Waals surface area contributed by atoms with Crippen molar-refractivity contribution in [3.63, 3.8) is 0 Å². The van der Waals surface area contributed by atoms with Crippen molar-refractivity contribution < 1.29 is 0 Å². The minimum Gasteiger partial charge on any atom is -0.0985 e. The highest BCUT2D eigenvalue weighted by molar-refractivity contribution is 5.77. The van der Waals surface area contributed by atoms with Crippen molar-refractivity contribution in [1.82, 2.24) is 0 Å². The van der Waals surface area contributed by atoms with Crippen LogP contribution in [0.3, 0.4) is 0 Å². The van der Waals surface area contributed by atoms with E-state index in [0.29, 0.717) is 0 Å². The molecule has 0 bridgehead atoms. The fourth-order valence-corrected chi connectivity index (χ4v) is 3.04. The number of rotatable bonds is 4. The molecule has 0 amide bonds. The van der Waals surface area contributed by atoms with Gasteiger partial charge in [0.15, 0.2) is 0 Å². The molecule has 0 aliphatic rings. The Bertz CT molecular complexity index is 801. The molecule has 0 saturated carbocycles. The van der Waals surface area contributed by atoms with Crippen LogP contribution in [0.2, 0.25) is 0 Å². The minimum absolute atomic E-state index is 1.15. The van der Waals surface area contributed by atoms with Gasteiger partial charge in [0.1, 0.15) is 0 Å². The third-order valence-corrected chi connectivity index (χ3v) is 4.49. The van der Waals surface area contributed by atoms with Crippen LogP contribution in [0.15, 0.2) is 73.8 Å². The van der Waals surface area contributed by atoms with Gasteiger partial charge in [-0.25, -0.2) is 0 Å². The molecule has 0 saturated heterocycles. The van der Waals surface area contributed by atoms with Crippen molar-refractivity contribution in [3.05, 3.63) is 96.1 Å². The van der Waals surface area contributed by atoms with Crippen molar-refractivity contribution in [3.8, 4) is 22.3 Å². The number of hydrogen-bond acceptors (Lipinski definition) is 0. The number of benzene rings is 3. The second-order valence-corrected chi connectivity index (χ2v) is 6.13. The van der Waals surface area contributed by atoms with Crippen LogP contribution in [0, 0.1) is 13.8 Å². The molecular formula is C24H22. The Kier molecular flexibility index (Phi) is 4.48. The zero-order valence-electron chi connectivity index (χ0n) is 14.3. The first-order chi connectivity index (χ1) is 11.6. The van der Waals surface area contributed by atoms with Gasteiger partial charge < -0.3 is 0 Å². The van der Waals surface area contributed by atoms with Gasteiger partial charge in [-0.2, -0.15) is 0 Å². The lowest BCUT2D eigenvalue weighted by molar-refractivity contribution is 1.38. The summed E-state index contributed by atoms with van der Waals surface area (Å²) in [6.45, 7) is 12.0. The summed E-state index contributed by atoms with van der Waals surface area (Å²) in [7, 11) is 0. The smallest absolute Gasteiger partial charge is 0.0152 e. The molecule has 0 heterocycles. The minimum atomic E-state index is 1.15. The molecule has 118 valence electrons. The average Bonchev–Trinajstić information content (AvgIpc) is 2.63. The molecule has 0 aliphatic carbocycles. The normalized spacial score (nSPS) is 10.4.